The molecule has 2 heteroatoms. The summed E-state index contributed by atoms with van der Waals surface area (Å²) in [4.78, 5) is 0. The molecule has 0 saturated carbocycles. The quantitative estimate of drug-likeness (QED) is 0.758. The summed E-state index contributed by atoms with van der Waals surface area (Å²) in [6, 6.07) is 11.3. The third-order valence-electron chi connectivity index (χ3n) is 3.37. The molecule has 2 aromatic carbocycles. The second-order valence-corrected chi connectivity index (χ2v) is 5.07. The Labute approximate surface area is 114 Å². The maximum absolute atomic E-state index is 14.0. The van der Waals surface area contributed by atoms with Gasteiger partial charge in [0, 0.05) is 0 Å². The molecule has 0 aliphatic carbocycles. The molecule has 19 heavy (non-hydrogen) atoms. The number of aryl methyl sites for hydroxylation is 1. The van der Waals surface area contributed by atoms with Crippen molar-refractivity contribution in [3.05, 3.63) is 53.3 Å². The number of methoxy groups -OCH3 is 1. The van der Waals surface area contributed by atoms with E-state index in [0.717, 1.165) is 28.0 Å². The van der Waals surface area contributed by atoms with E-state index in [0.29, 0.717) is 0 Å². The van der Waals surface area contributed by atoms with Crippen LogP contribution in [0, 0.1) is 12.7 Å². The zero-order valence-corrected chi connectivity index (χ0v) is 11.8. The van der Waals surface area contributed by atoms with Crippen LogP contribution in [-0.4, -0.2) is 7.11 Å². The van der Waals surface area contributed by atoms with Crippen LogP contribution >= 0.6 is 0 Å². The molecule has 0 fully saturated rings. The Kier molecular flexibility index (Phi) is 3.89. The zero-order chi connectivity index (χ0) is 14.0. The Hall–Kier alpha value is -1.83. The van der Waals surface area contributed by atoms with Gasteiger partial charge in [0.2, 0.25) is 0 Å². The number of halogens is 1. The van der Waals surface area contributed by atoms with E-state index < -0.39 is 0 Å². The second kappa shape index (κ2) is 5.43. The number of hydrogen-bond donors (Lipinski definition) is 0. The molecule has 0 aliphatic rings. The lowest BCUT2D eigenvalue weighted by Crippen LogP contribution is -1.94. The third kappa shape index (κ3) is 2.78. The van der Waals surface area contributed by atoms with Gasteiger partial charge in [-0.25, -0.2) is 4.39 Å². The van der Waals surface area contributed by atoms with E-state index in [1.54, 1.807) is 13.2 Å². The maximum atomic E-state index is 14.0. The van der Waals surface area contributed by atoms with Crippen molar-refractivity contribution in [2.45, 2.75) is 26.7 Å². The van der Waals surface area contributed by atoms with E-state index in [9.17, 15) is 4.39 Å². The lowest BCUT2D eigenvalue weighted by atomic mass is 9.96. The molecule has 0 unspecified atom stereocenters. The first-order valence-corrected chi connectivity index (χ1v) is 6.47. The predicted octanol–water partition coefficient (Wildman–Crippen LogP) is 4.93. The molecule has 0 aromatic heterocycles. The van der Waals surface area contributed by atoms with Crippen molar-refractivity contribution in [2.75, 3.05) is 7.11 Å². The lowest BCUT2D eigenvalue weighted by molar-refractivity contribution is 0.414. The van der Waals surface area contributed by atoms with Gasteiger partial charge in [-0.05, 0) is 53.3 Å². The molecule has 0 amide bonds. The minimum Gasteiger partial charge on any atom is -0.497 e. The van der Waals surface area contributed by atoms with Gasteiger partial charge in [-0.2, -0.15) is 0 Å². The van der Waals surface area contributed by atoms with E-state index in [1.165, 1.54) is 0 Å². The minimum absolute atomic E-state index is 0.136. The highest BCUT2D eigenvalue weighted by Crippen LogP contribution is 2.29. The monoisotopic (exact) mass is 258 g/mol. The number of rotatable bonds is 3. The fourth-order valence-electron chi connectivity index (χ4n) is 2.25. The summed E-state index contributed by atoms with van der Waals surface area (Å²) >= 11 is 0. The molecule has 0 bridgehead atoms. The van der Waals surface area contributed by atoms with Crippen molar-refractivity contribution in [3.63, 3.8) is 0 Å². The van der Waals surface area contributed by atoms with Crippen LogP contribution in [0.4, 0.5) is 4.39 Å². The first kappa shape index (κ1) is 13.6. The molecule has 2 aromatic rings. The van der Waals surface area contributed by atoms with E-state index in [1.807, 2.05) is 51.1 Å². The van der Waals surface area contributed by atoms with Crippen molar-refractivity contribution < 1.29 is 9.13 Å². The number of ether oxygens (including phenoxy) is 1. The van der Waals surface area contributed by atoms with Crippen LogP contribution in [0.3, 0.4) is 0 Å². The minimum atomic E-state index is -0.136. The summed E-state index contributed by atoms with van der Waals surface area (Å²) in [6.45, 7) is 6.00. The summed E-state index contributed by atoms with van der Waals surface area (Å²) in [6.07, 6.45) is 0. The fourth-order valence-corrected chi connectivity index (χ4v) is 2.25. The molecule has 0 atom stereocenters. The van der Waals surface area contributed by atoms with Gasteiger partial charge in [0.25, 0.3) is 0 Å². The van der Waals surface area contributed by atoms with Crippen molar-refractivity contribution in [2.24, 2.45) is 0 Å². The van der Waals surface area contributed by atoms with E-state index in [-0.39, 0.29) is 11.7 Å². The van der Waals surface area contributed by atoms with Gasteiger partial charge in [-0.1, -0.05) is 32.0 Å². The first-order chi connectivity index (χ1) is 9.02. The Balaban J connectivity index is 2.45. The number of benzene rings is 2. The first-order valence-electron chi connectivity index (χ1n) is 6.47. The van der Waals surface area contributed by atoms with Gasteiger partial charge in [-0.15, -0.1) is 0 Å². The van der Waals surface area contributed by atoms with Gasteiger partial charge < -0.3 is 4.74 Å². The molecule has 0 N–H and O–H groups in total. The largest absolute Gasteiger partial charge is 0.497 e. The van der Waals surface area contributed by atoms with E-state index in [4.69, 9.17) is 4.74 Å². The highest BCUT2D eigenvalue weighted by atomic mass is 19.1. The van der Waals surface area contributed by atoms with Gasteiger partial charge in [0.15, 0.2) is 0 Å². The van der Waals surface area contributed by atoms with Crippen molar-refractivity contribution >= 4 is 0 Å². The van der Waals surface area contributed by atoms with Crippen LogP contribution in [0.1, 0.15) is 30.9 Å². The maximum Gasteiger partial charge on any atom is 0.127 e. The summed E-state index contributed by atoms with van der Waals surface area (Å²) < 4.78 is 19.2. The molecule has 0 radical (unpaired) electrons. The van der Waals surface area contributed by atoms with Gasteiger partial charge in [0.1, 0.15) is 11.6 Å². The Morgan fingerprint density at radius 1 is 1.05 bits per heavy atom. The van der Waals surface area contributed by atoms with Gasteiger partial charge >= 0.3 is 0 Å². The summed E-state index contributed by atoms with van der Waals surface area (Å²) in [7, 11) is 1.64. The van der Waals surface area contributed by atoms with Gasteiger partial charge in [0.05, 0.1) is 7.11 Å². The lowest BCUT2D eigenvalue weighted by Gasteiger charge is -2.11. The standard InChI is InChI=1S/C17H19FO/c1-11(2)15-7-5-13(10-17(15)18)16-8-6-14(19-4)9-12(16)3/h5-11H,1-4H3. The summed E-state index contributed by atoms with van der Waals surface area (Å²) in [5.41, 5.74) is 3.78. The summed E-state index contributed by atoms with van der Waals surface area (Å²) in [5.74, 6) is 0.884. The molecule has 0 aliphatic heterocycles. The molecule has 0 spiro atoms. The van der Waals surface area contributed by atoms with Crippen molar-refractivity contribution in [3.8, 4) is 16.9 Å². The van der Waals surface area contributed by atoms with Crippen LogP contribution in [0.2, 0.25) is 0 Å². The average molecular weight is 258 g/mol. The smallest absolute Gasteiger partial charge is 0.127 e. The van der Waals surface area contributed by atoms with Crippen LogP contribution in [-0.2, 0) is 0 Å². The summed E-state index contributed by atoms with van der Waals surface area (Å²) in [5, 5.41) is 0. The van der Waals surface area contributed by atoms with Crippen LogP contribution in [0.5, 0.6) is 5.75 Å². The Bertz CT molecular complexity index is 588. The molecule has 100 valence electrons. The Morgan fingerprint density at radius 2 is 1.79 bits per heavy atom. The van der Waals surface area contributed by atoms with Crippen molar-refractivity contribution in [1.29, 1.82) is 0 Å². The predicted molar refractivity (Wildman–Crippen MR) is 77.2 cm³/mol. The topological polar surface area (TPSA) is 9.23 Å². The fraction of sp³-hybridized carbons (Fsp3) is 0.294. The van der Waals surface area contributed by atoms with Gasteiger partial charge in [-0.3, -0.25) is 0 Å². The highest BCUT2D eigenvalue weighted by Gasteiger charge is 2.09. The zero-order valence-electron chi connectivity index (χ0n) is 11.8. The van der Waals surface area contributed by atoms with Crippen LogP contribution in [0.25, 0.3) is 11.1 Å². The number of hydrogen-bond acceptors (Lipinski definition) is 1. The molecule has 1 nitrogen and oxygen atoms in total. The molecular weight excluding hydrogens is 239 g/mol. The van der Waals surface area contributed by atoms with Crippen molar-refractivity contribution in [1.82, 2.24) is 0 Å². The van der Waals surface area contributed by atoms with E-state index in [2.05, 4.69) is 0 Å². The average Bonchev–Trinajstić information content (AvgIpc) is 2.37. The highest BCUT2D eigenvalue weighted by molar-refractivity contribution is 5.68. The SMILES string of the molecule is COc1ccc(-c2ccc(C(C)C)c(F)c2)c(C)c1. The van der Waals surface area contributed by atoms with E-state index >= 15 is 0 Å². The third-order valence-corrected chi connectivity index (χ3v) is 3.37. The Morgan fingerprint density at radius 3 is 2.32 bits per heavy atom. The van der Waals surface area contributed by atoms with Crippen LogP contribution in [0.15, 0.2) is 36.4 Å². The van der Waals surface area contributed by atoms with Crippen LogP contribution < -0.4 is 4.74 Å². The molecular formula is C17H19FO. The second-order valence-electron chi connectivity index (χ2n) is 5.07. The normalized spacial score (nSPS) is 10.8. The molecule has 0 saturated heterocycles. The molecule has 0 heterocycles. The molecule has 2 rings (SSSR count).